The molecule has 1 aromatic heterocycles. The molecule has 1 aliphatic heterocycles. The van der Waals surface area contributed by atoms with Crippen LogP contribution in [-0.2, 0) is 21.0 Å². The molecular weight excluding hydrogens is 320 g/mol. The molecule has 0 radical (unpaired) electrons. The Labute approximate surface area is 147 Å². The number of amides is 1. The first-order chi connectivity index (χ1) is 12.2. The Morgan fingerprint density at radius 1 is 1.28 bits per heavy atom. The Kier molecular flexibility index (Phi) is 6.16. The summed E-state index contributed by atoms with van der Waals surface area (Å²) >= 11 is 0. The van der Waals surface area contributed by atoms with Gasteiger partial charge in [0.15, 0.2) is 6.10 Å². The summed E-state index contributed by atoms with van der Waals surface area (Å²) in [5.74, 6) is -0.0851. The minimum absolute atomic E-state index is 0.0851. The molecule has 7 heteroatoms. The maximum Gasteiger partial charge on any atom is 0.259 e. The molecule has 0 saturated carbocycles. The molecular formula is C18H24N4O3. The lowest BCUT2D eigenvalue weighted by Crippen LogP contribution is -2.43. The normalized spacial score (nSPS) is 20.6. The lowest BCUT2D eigenvalue weighted by atomic mass is 10.2. The molecule has 1 saturated heterocycles. The highest BCUT2D eigenvalue weighted by Crippen LogP contribution is 2.17. The van der Waals surface area contributed by atoms with Crippen LogP contribution in [0.4, 0.5) is 5.69 Å². The average molecular weight is 344 g/mol. The Morgan fingerprint density at radius 3 is 2.88 bits per heavy atom. The number of carbonyl (C=O) groups excluding carboxylic acids is 1. The van der Waals surface area contributed by atoms with E-state index in [4.69, 9.17) is 9.78 Å². The lowest BCUT2D eigenvalue weighted by Gasteiger charge is -2.29. The third-order valence-corrected chi connectivity index (χ3v) is 4.26. The average Bonchev–Trinajstić information content (AvgIpc) is 3.16. The number of nitrogens with zero attached hydrogens (tertiary/aromatic N) is 3. The second kappa shape index (κ2) is 8.75. The molecule has 1 amide bonds. The van der Waals surface area contributed by atoms with Crippen molar-refractivity contribution in [1.82, 2.24) is 15.1 Å². The van der Waals surface area contributed by atoms with Gasteiger partial charge >= 0.3 is 0 Å². The van der Waals surface area contributed by atoms with Gasteiger partial charge in [-0.1, -0.05) is 18.2 Å². The fourth-order valence-corrected chi connectivity index (χ4v) is 2.84. The number of hydrogen-bond acceptors (Lipinski definition) is 5. The predicted octanol–water partition coefficient (Wildman–Crippen LogP) is 1.99. The summed E-state index contributed by atoms with van der Waals surface area (Å²) in [6, 6.07) is 9.68. The van der Waals surface area contributed by atoms with Crippen LogP contribution in [0.1, 0.15) is 18.9 Å². The van der Waals surface area contributed by atoms with E-state index in [9.17, 15) is 4.79 Å². The Morgan fingerprint density at radius 2 is 2.12 bits per heavy atom. The monoisotopic (exact) mass is 344 g/mol. The first-order valence-corrected chi connectivity index (χ1v) is 8.59. The molecule has 25 heavy (non-hydrogen) atoms. The van der Waals surface area contributed by atoms with Crippen LogP contribution in [0.15, 0.2) is 42.7 Å². The van der Waals surface area contributed by atoms with Crippen molar-refractivity contribution in [3.63, 3.8) is 0 Å². The van der Waals surface area contributed by atoms with Crippen LogP contribution in [0.25, 0.3) is 0 Å². The van der Waals surface area contributed by atoms with E-state index in [-0.39, 0.29) is 5.91 Å². The minimum atomic E-state index is -0.644. The highest BCUT2D eigenvalue weighted by molar-refractivity contribution is 5.96. The number of aromatic amines is 1. The van der Waals surface area contributed by atoms with Crippen molar-refractivity contribution in [2.24, 2.45) is 0 Å². The van der Waals surface area contributed by atoms with Crippen molar-refractivity contribution in [3.8, 4) is 0 Å². The van der Waals surface area contributed by atoms with Gasteiger partial charge in [0.2, 0.25) is 0 Å². The topological polar surface area (TPSA) is 70.7 Å². The molecule has 2 heterocycles. The SMILES string of the molecule is CC1OOCN(CCc2cn[nH]c2)CCCN(c2ccccc2)C1=O. The maximum atomic E-state index is 12.6. The van der Waals surface area contributed by atoms with Gasteiger partial charge in [-0.3, -0.25) is 14.8 Å². The van der Waals surface area contributed by atoms with Crippen LogP contribution in [0.3, 0.4) is 0 Å². The first-order valence-electron chi connectivity index (χ1n) is 8.59. The molecule has 134 valence electrons. The molecule has 3 rings (SSSR count). The standard InChI is InChI=1S/C18H24N4O3/c1-15-18(23)22(17-6-3-2-4-7-17)10-5-9-21(14-24-25-15)11-8-16-12-19-20-13-16/h2-4,6-7,12-13,15H,5,8-11,14H2,1H3,(H,19,20). The molecule has 1 atom stereocenters. The second-order valence-electron chi connectivity index (χ2n) is 6.14. The molecule has 1 aromatic carbocycles. The molecule has 1 fully saturated rings. The summed E-state index contributed by atoms with van der Waals surface area (Å²) < 4.78 is 0. The van der Waals surface area contributed by atoms with E-state index >= 15 is 0 Å². The Hall–Kier alpha value is -2.22. The largest absolute Gasteiger partial charge is 0.310 e. The molecule has 0 spiro atoms. The van der Waals surface area contributed by atoms with Gasteiger partial charge in [-0.2, -0.15) is 5.10 Å². The number of anilines is 1. The Balaban J connectivity index is 1.62. The number of carbonyl (C=O) groups is 1. The quantitative estimate of drug-likeness (QED) is 0.859. The third-order valence-electron chi connectivity index (χ3n) is 4.26. The van der Waals surface area contributed by atoms with Gasteiger partial charge in [-0.05, 0) is 37.5 Å². The van der Waals surface area contributed by atoms with E-state index in [0.29, 0.717) is 13.3 Å². The summed E-state index contributed by atoms with van der Waals surface area (Å²) in [5.41, 5.74) is 2.04. The number of hydrogen-bond donors (Lipinski definition) is 1. The minimum Gasteiger partial charge on any atom is -0.310 e. The van der Waals surface area contributed by atoms with E-state index < -0.39 is 6.10 Å². The fraction of sp³-hybridized carbons (Fsp3) is 0.444. The third kappa shape index (κ3) is 4.88. The van der Waals surface area contributed by atoms with E-state index in [2.05, 4.69) is 15.1 Å². The van der Waals surface area contributed by atoms with Crippen molar-refractivity contribution >= 4 is 11.6 Å². The summed E-state index contributed by atoms with van der Waals surface area (Å²) in [6.07, 6.45) is 4.83. The van der Waals surface area contributed by atoms with E-state index in [1.807, 2.05) is 42.7 Å². The van der Waals surface area contributed by atoms with Gasteiger partial charge < -0.3 is 4.90 Å². The Bertz CT molecular complexity index is 648. The van der Waals surface area contributed by atoms with Gasteiger partial charge in [0.05, 0.1) is 6.20 Å². The molecule has 2 aromatic rings. The van der Waals surface area contributed by atoms with Crippen LogP contribution < -0.4 is 4.90 Å². The number of benzene rings is 1. The highest BCUT2D eigenvalue weighted by atomic mass is 17.2. The number of rotatable bonds is 4. The summed E-state index contributed by atoms with van der Waals surface area (Å²) in [7, 11) is 0. The van der Waals surface area contributed by atoms with E-state index in [1.54, 1.807) is 11.8 Å². The van der Waals surface area contributed by atoms with E-state index in [1.165, 1.54) is 0 Å². The van der Waals surface area contributed by atoms with Gasteiger partial charge in [0.1, 0.15) is 6.73 Å². The number of para-hydroxylation sites is 1. The zero-order valence-electron chi connectivity index (χ0n) is 14.4. The molecule has 1 N–H and O–H groups in total. The maximum absolute atomic E-state index is 12.6. The smallest absolute Gasteiger partial charge is 0.259 e. The molecule has 1 aliphatic rings. The van der Waals surface area contributed by atoms with Crippen LogP contribution in [-0.4, -0.2) is 53.5 Å². The number of H-pyrrole nitrogens is 1. The van der Waals surface area contributed by atoms with Crippen molar-refractivity contribution in [1.29, 1.82) is 0 Å². The molecule has 1 unspecified atom stereocenters. The molecule has 7 nitrogen and oxygen atoms in total. The van der Waals surface area contributed by atoms with Crippen LogP contribution in [0.2, 0.25) is 0 Å². The van der Waals surface area contributed by atoms with Crippen molar-refractivity contribution in [2.75, 3.05) is 31.3 Å². The van der Waals surface area contributed by atoms with Crippen LogP contribution >= 0.6 is 0 Å². The zero-order chi connectivity index (χ0) is 17.5. The fourth-order valence-electron chi connectivity index (χ4n) is 2.84. The highest BCUT2D eigenvalue weighted by Gasteiger charge is 2.25. The van der Waals surface area contributed by atoms with E-state index in [0.717, 1.165) is 37.2 Å². The number of aromatic nitrogens is 2. The van der Waals surface area contributed by atoms with Crippen LogP contribution in [0, 0.1) is 0 Å². The lowest BCUT2D eigenvalue weighted by molar-refractivity contribution is -0.331. The summed E-state index contributed by atoms with van der Waals surface area (Å²) in [4.78, 5) is 27.2. The van der Waals surface area contributed by atoms with Crippen LogP contribution in [0.5, 0.6) is 0 Å². The van der Waals surface area contributed by atoms with Crippen molar-refractivity contribution < 1.29 is 14.6 Å². The van der Waals surface area contributed by atoms with Gasteiger partial charge in [-0.15, -0.1) is 0 Å². The molecule has 0 bridgehead atoms. The zero-order valence-corrected chi connectivity index (χ0v) is 14.4. The predicted molar refractivity (Wildman–Crippen MR) is 93.8 cm³/mol. The first kappa shape index (κ1) is 17.6. The van der Waals surface area contributed by atoms with Gasteiger partial charge in [-0.25, -0.2) is 9.78 Å². The molecule has 0 aliphatic carbocycles. The second-order valence-corrected chi connectivity index (χ2v) is 6.14. The summed E-state index contributed by atoms with van der Waals surface area (Å²) in [6.45, 7) is 4.39. The van der Waals surface area contributed by atoms with Crippen molar-refractivity contribution in [2.45, 2.75) is 25.9 Å². The van der Waals surface area contributed by atoms with Gasteiger partial charge in [0, 0.05) is 31.5 Å². The number of nitrogens with one attached hydrogen (secondary N) is 1. The summed E-state index contributed by atoms with van der Waals surface area (Å²) in [5, 5.41) is 6.79. The van der Waals surface area contributed by atoms with Gasteiger partial charge in [0.25, 0.3) is 5.91 Å². The van der Waals surface area contributed by atoms with Crippen molar-refractivity contribution in [3.05, 3.63) is 48.3 Å².